The summed E-state index contributed by atoms with van der Waals surface area (Å²) in [7, 11) is 0. The van der Waals surface area contributed by atoms with Gasteiger partial charge < -0.3 is 15.4 Å². The van der Waals surface area contributed by atoms with Crippen LogP contribution in [0.25, 0.3) is 0 Å². The number of nitrogens with zero attached hydrogens (tertiary/aromatic N) is 2. The van der Waals surface area contributed by atoms with Crippen molar-refractivity contribution in [2.75, 3.05) is 18.4 Å². The van der Waals surface area contributed by atoms with Crippen LogP contribution in [0.3, 0.4) is 0 Å². The second-order valence-corrected chi connectivity index (χ2v) is 6.26. The van der Waals surface area contributed by atoms with Gasteiger partial charge in [-0.25, -0.2) is 0 Å². The molecule has 2 heterocycles. The standard InChI is InChI=1S/C16H26N4O2/c1-2-14(22-13-5-3-4-6-13)16(21)18-15-8-10-20(19-15)12-7-9-17-11-12/h8,10,12-14,17H,2-7,9,11H2,1H3,(H,18,19,21)/t12-,14-/m0/s1. The number of hydrogen-bond donors (Lipinski definition) is 2. The van der Waals surface area contributed by atoms with E-state index in [4.69, 9.17) is 4.74 Å². The van der Waals surface area contributed by atoms with Crippen molar-refractivity contribution in [3.05, 3.63) is 12.3 Å². The van der Waals surface area contributed by atoms with Crippen LogP contribution in [-0.4, -0.2) is 41.0 Å². The molecule has 1 amide bonds. The summed E-state index contributed by atoms with van der Waals surface area (Å²) >= 11 is 0. The highest BCUT2D eigenvalue weighted by molar-refractivity contribution is 5.93. The maximum absolute atomic E-state index is 12.4. The fourth-order valence-electron chi connectivity index (χ4n) is 3.28. The van der Waals surface area contributed by atoms with E-state index in [2.05, 4.69) is 15.7 Å². The highest BCUT2D eigenvalue weighted by Gasteiger charge is 2.25. The fraction of sp³-hybridized carbons (Fsp3) is 0.750. The van der Waals surface area contributed by atoms with Crippen LogP contribution in [-0.2, 0) is 9.53 Å². The van der Waals surface area contributed by atoms with E-state index in [0.29, 0.717) is 18.3 Å². The Labute approximate surface area is 131 Å². The van der Waals surface area contributed by atoms with Crippen LogP contribution in [0.5, 0.6) is 0 Å². The van der Waals surface area contributed by atoms with E-state index in [1.165, 1.54) is 12.8 Å². The van der Waals surface area contributed by atoms with Crippen molar-refractivity contribution < 1.29 is 9.53 Å². The molecule has 122 valence electrons. The van der Waals surface area contributed by atoms with Gasteiger partial charge in [-0.1, -0.05) is 19.8 Å². The Morgan fingerprint density at radius 3 is 3.00 bits per heavy atom. The van der Waals surface area contributed by atoms with Gasteiger partial charge in [0.15, 0.2) is 5.82 Å². The average molecular weight is 306 g/mol. The lowest BCUT2D eigenvalue weighted by atomic mass is 10.2. The Morgan fingerprint density at radius 1 is 1.50 bits per heavy atom. The topological polar surface area (TPSA) is 68.2 Å². The minimum atomic E-state index is -0.374. The second kappa shape index (κ2) is 7.24. The number of hydrogen-bond acceptors (Lipinski definition) is 4. The van der Waals surface area contributed by atoms with Crippen molar-refractivity contribution >= 4 is 11.7 Å². The molecule has 1 saturated carbocycles. The average Bonchev–Trinajstić information content (AvgIpc) is 3.25. The summed E-state index contributed by atoms with van der Waals surface area (Å²) in [6.45, 7) is 3.96. The van der Waals surface area contributed by atoms with Crippen LogP contribution in [0.1, 0.15) is 51.5 Å². The summed E-state index contributed by atoms with van der Waals surface area (Å²) in [5, 5.41) is 10.7. The van der Waals surface area contributed by atoms with Crippen molar-refractivity contribution in [2.45, 2.75) is 63.7 Å². The third-order valence-electron chi connectivity index (χ3n) is 4.59. The first-order valence-electron chi connectivity index (χ1n) is 8.48. The molecule has 0 bridgehead atoms. The number of ether oxygens (including phenoxy) is 1. The van der Waals surface area contributed by atoms with Gasteiger partial charge in [0.05, 0.1) is 12.1 Å². The SMILES string of the molecule is CC[C@H](OC1CCCC1)C(=O)Nc1ccn([C@H]2CCNC2)n1. The molecule has 0 unspecified atom stereocenters. The summed E-state index contributed by atoms with van der Waals surface area (Å²) in [4.78, 5) is 12.4. The second-order valence-electron chi connectivity index (χ2n) is 6.26. The van der Waals surface area contributed by atoms with Crippen LogP contribution < -0.4 is 10.6 Å². The first-order valence-corrected chi connectivity index (χ1v) is 8.48. The molecular weight excluding hydrogens is 280 g/mol. The van der Waals surface area contributed by atoms with Gasteiger partial charge in [-0.05, 0) is 32.2 Å². The van der Waals surface area contributed by atoms with Gasteiger partial charge in [0.25, 0.3) is 5.91 Å². The first kappa shape index (κ1) is 15.5. The molecule has 2 N–H and O–H groups in total. The number of nitrogens with one attached hydrogen (secondary N) is 2. The summed E-state index contributed by atoms with van der Waals surface area (Å²) in [5.74, 6) is 0.537. The van der Waals surface area contributed by atoms with Gasteiger partial charge >= 0.3 is 0 Å². The van der Waals surface area contributed by atoms with Gasteiger partial charge in [-0.3, -0.25) is 9.48 Å². The molecule has 0 aromatic carbocycles. The van der Waals surface area contributed by atoms with E-state index in [9.17, 15) is 4.79 Å². The number of aromatic nitrogens is 2. The largest absolute Gasteiger partial charge is 0.365 e. The molecule has 0 spiro atoms. The number of anilines is 1. The summed E-state index contributed by atoms with van der Waals surface area (Å²) in [5.41, 5.74) is 0. The molecule has 1 aromatic rings. The zero-order valence-electron chi connectivity index (χ0n) is 13.3. The number of rotatable bonds is 6. The smallest absolute Gasteiger partial charge is 0.254 e. The number of carbonyl (C=O) groups excluding carboxylic acids is 1. The minimum Gasteiger partial charge on any atom is -0.365 e. The molecule has 0 radical (unpaired) electrons. The van der Waals surface area contributed by atoms with Crippen LogP contribution in [0.4, 0.5) is 5.82 Å². The lowest BCUT2D eigenvalue weighted by Gasteiger charge is -2.19. The maximum atomic E-state index is 12.4. The Morgan fingerprint density at radius 2 is 2.32 bits per heavy atom. The van der Waals surface area contributed by atoms with Gasteiger partial charge in [0.1, 0.15) is 6.10 Å². The molecule has 6 heteroatoms. The van der Waals surface area contributed by atoms with E-state index in [-0.39, 0.29) is 18.1 Å². The number of carbonyl (C=O) groups is 1. The Balaban J connectivity index is 1.55. The predicted octanol–water partition coefficient (Wildman–Crippen LogP) is 2.09. The lowest BCUT2D eigenvalue weighted by Crippen LogP contribution is -2.33. The molecule has 1 aliphatic carbocycles. The first-order chi connectivity index (χ1) is 10.8. The van der Waals surface area contributed by atoms with Crippen molar-refractivity contribution in [1.29, 1.82) is 0 Å². The highest BCUT2D eigenvalue weighted by atomic mass is 16.5. The van der Waals surface area contributed by atoms with Crippen molar-refractivity contribution in [3.8, 4) is 0 Å². The molecule has 3 rings (SSSR count). The van der Waals surface area contributed by atoms with Gasteiger partial charge in [-0.15, -0.1) is 0 Å². The molecule has 22 heavy (non-hydrogen) atoms. The van der Waals surface area contributed by atoms with Crippen LogP contribution in [0.2, 0.25) is 0 Å². The molecule has 2 atom stereocenters. The third kappa shape index (κ3) is 3.67. The van der Waals surface area contributed by atoms with Crippen molar-refractivity contribution in [2.24, 2.45) is 0 Å². The molecule has 2 aliphatic rings. The Bertz CT molecular complexity index is 490. The van der Waals surface area contributed by atoms with Gasteiger partial charge in [0.2, 0.25) is 0 Å². The van der Waals surface area contributed by atoms with Crippen LogP contribution in [0.15, 0.2) is 12.3 Å². The van der Waals surface area contributed by atoms with Crippen LogP contribution >= 0.6 is 0 Å². The zero-order chi connectivity index (χ0) is 15.4. The van der Waals surface area contributed by atoms with Gasteiger partial charge in [0, 0.05) is 18.8 Å². The summed E-state index contributed by atoms with van der Waals surface area (Å²) in [6, 6.07) is 2.25. The predicted molar refractivity (Wildman–Crippen MR) is 84.8 cm³/mol. The van der Waals surface area contributed by atoms with Crippen molar-refractivity contribution in [3.63, 3.8) is 0 Å². The van der Waals surface area contributed by atoms with E-state index < -0.39 is 0 Å². The normalized spacial score (nSPS) is 23.8. The third-order valence-corrected chi connectivity index (χ3v) is 4.59. The quantitative estimate of drug-likeness (QED) is 0.844. The monoisotopic (exact) mass is 306 g/mol. The minimum absolute atomic E-state index is 0.0794. The lowest BCUT2D eigenvalue weighted by molar-refractivity contribution is -0.131. The molecule has 1 aliphatic heterocycles. The molecule has 6 nitrogen and oxygen atoms in total. The molecular formula is C16H26N4O2. The zero-order valence-corrected chi connectivity index (χ0v) is 13.3. The highest BCUT2D eigenvalue weighted by Crippen LogP contribution is 2.23. The van der Waals surface area contributed by atoms with E-state index in [1.54, 1.807) is 0 Å². The summed E-state index contributed by atoms with van der Waals surface area (Å²) < 4.78 is 7.88. The molecule has 1 aromatic heterocycles. The van der Waals surface area contributed by atoms with E-state index >= 15 is 0 Å². The Kier molecular flexibility index (Phi) is 5.10. The van der Waals surface area contributed by atoms with E-state index in [1.807, 2.05) is 23.9 Å². The van der Waals surface area contributed by atoms with Crippen molar-refractivity contribution in [1.82, 2.24) is 15.1 Å². The maximum Gasteiger partial charge on any atom is 0.254 e. The summed E-state index contributed by atoms with van der Waals surface area (Å²) in [6.07, 6.45) is 8.16. The van der Waals surface area contributed by atoms with E-state index in [0.717, 1.165) is 32.4 Å². The van der Waals surface area contributed by atoms with Gasteiger partial charge in [-0.2, -0.15) is 5.10 Å². The van der Waals surface area contributed by atoms with Crippen LogP contribution in [0, 0.1) is 0 Å². The number of amides is 1. The molecule has 1 saturated heterocycles. The fourth-order valence-corrected chi connectivity index (χ4v) is 3.28. The Hall–Kier alpha value is -1.40. The molecule has 2 fully saturated rings.